The highest BCUT2D eigenvalue weighted by Crippen LogP contribution is 2.42. The third-order valence-corrected chi connectivity index (χ3v) is 10.4. The average molecular weight is 589 g/mol. The molecule has 0 spiro atoms. The molecule has 0 bridgehead atoms. The van der Waals surface area contributed by atoms with E-state index in [1.807, 2.05) is 0 Å². The molecule has 0 saturated carbocycles. The minimum Gasteiger partial charge on any atom is -0.0654 e. The Kier molecular flexibility index (Phi) is 13.2. The molecule has 5 aromatic carbocycles. The smallest absolute Gasteiger partial charge is 0.00236 e. The van der Waals surface area contributed by atoms with Crippen LogP contribution in [0.2, 0.25) is 0 Å². The first-order valence-electron chi connectivity index (χ1n) is 18.9. The first-order valence-corrected chi connectivity index (χ1v) is 18.9. The molecule has 0 nitrogen and oxygen atoms in total. The second-order valence-electron chi connectivity index (χ2n) is 13.9. The minimum absolute atomic E-state index is 1.20. The Hall–Kier alpha value is -2.60. The molecule has 0 aromatic heterocycles. The lowest BCUT2D eigenvalue weighted by Crippen LogP contribution is -1.94. The van der Waals surface area contributed by atoms with Crippen LogP contribution < -0.4 is 0 Å². The molecule has 44 heavy (non-hydrogen) atoms. The van der Waals surface area contributed by atoms with Gasteiger partial charge in [-0.3, -0.25) is 0 Å². The summed E-state index contributed by atoms with van der Waals surface area (Å²) in [7, 11) is 0. The van der Waals surface area contributed by atoms with Crippen LogP contribution in [0.1, 0.15) is 153 Å². The summed E-state index contributed by atoms with van der Waals surface area (Å²) in [6.07, 6.45) is 30.3. The van der Waals surface area contributed by atoms with Crippen molar-refractivity contribution in [1.82, 2.24) is 0 Å². The van der Waals surface area contributed by atoms with Gasteiger partial charge in [0.2, 0.25) is 0 Å². The van der Waals surface area contributed by atoms with E-state index >= 15 is 0 Å². The van der Waals surface area contributed by atoms with Gasteiger partial charge in [0, 0.05) is 0 Å². The molecule has 5 rings (SSSR count). The van der Waals surface area contributed by atoms with Crippen LogP contribution in [-0.2, 0) is 12.8 Å². The van der Waals surface area contributed by atoms with Gasteiger partial charge >= 0.3 is 0 Å². The van der Waals surface area contributed by atoms with Gasteiger partial charge < -0.3 is 0 Å². The molecule has 0 atom stereocenters. The molecule has 0 amide bonds. The molecule has 0 aliphatic heterocycles. The van der Waals surface area contributed by atoms with Crippen molar-refractivity contribution in [2.75, 3.05) is 0 Å². The molecular weight excluding hydrogens is 528 g/mol. The number of hydrogen-bond donors (Lipinski definition) is 0. The van der Waals surface area contributed by atoms with Crippen LogP contribution in [0.5, 0.6) is 0 Å². The summed E-state index contributed by atoms with van der Waals surface area (Å²) in [6, 6.07) is 23.9. The summed E-state index contributed by atoms with van der Waals surface area (Å²) in [5, 5.41) is 11.7. The summed E-state index contributed by atoms with van der Waals surface area (Å²) < 4.78 is 0. The Morgan fingerprint density at radius 3 is 0.955 bits per heavy atom. The van der Waals surface area contributed by atoms with E-state index < -0.39 is 0 Å². The van der Waals surface area contributed by atoms with E-state index in [1.54, 1.807) is 11.1 Å². The highest BCUT2D eigenvalue weighted by atomic mass is 14.2. The number of rotatable bonds is 22. The van der Waals surface area contributed by atoms with Crippen molar-refractivity contribution in [3.63, 3.8) is 0 Å². The van der Waals surface area contributed by atoms with E-state index in [0.717, 1.165) is 0 Å². The molecule has 0 heterocycles. The standard InChI is InChI=1S/C44H60/c1-3-5-7-9-11-13-15-17-19-21-25-35-31-33-41-42-34-32-36(26-22-20-18-16-14-12-10-8-6-4-2)38-28-24-30-40(44(38)42)39-29-23-27-37(35)43(39)41/h23-24,27-34H,3-22,25-26H2,1-2H3. The SMILES string of the molecule is CCCCCCCCCCCCc1ccc2c3ccc(CCCCCCCCCCCC)c4cccc(c5cccc1c52)c43. The molecule has 236 valence electrons. The van der Waals surface area contributed by atoms with E-state index in [-0.39, 0.29) is 0 Å². The Morgan fingerprint density at radius 2 is 0.591 bits per heavy atom. The van der Waals surface area contributed by atoms with Crippen molar-refractivity contribution in [2.24, 2.45) is 0 Å². The molecule has 0 unspecified atom stereocenters. The number of unbranched alkanes of at least 4 members (excludes halogenated alkanes) is 18. The van der Waals surface area contributed by atoms with E-state index in [0.29, 0.717) is 0 Å². The third-order valence-electron chi connectivity index (χ3n) is 10.4. The van der Waals surface area contributed by atoms with Crippen molar-refractivity contribution in [3.8, 4) is 0 Å². The van der Waals surface area contributed by atoms with Crippen LogP contribution in [0.4, 0.5) is 0 Å². The lowest BCUT2D eigenvalue weighted by atomic mass is 9.86. The zero-order valence-corrected chi connectivity index (χ0v) is 28.3. The highest BCUT2D eigenvalue weighted by molar-refractivity contribution is 6.33. The molecule has 0 aliphatic rings. The van der Waals surface area contributed by atoms with Crippen molar-refractivity contribution in [2.45, 2.75) is 155 Å². The number of benzene rings is 5. The lowest BCUT2D eigenvalue weighted by Gasteiger charge is -2.18. The minimum atomic E-state index is 1.20. The van der Waals surface area contributed by atoms with E-state index in [2.05, 4.69) is 74.5 Å². The second-order valence-corrected chi connectivity index (χ2v) is 13.9. The largest absolute Gasteiger partial charge is 0.0654 e. The molecule has 0 N–H and O–H groups in total. The molecule has 0 fully saturated rings. The highest BCUT2D eigenvalue weighted by Gasteiger charge is 2.16. The predicted octanol–water partition coefficient (Wildman–Crippen LogP) is 14.7. The predicted molar refractivity (Wildman–Crippen MR) is 199 cm³/mol. The molecule has 5 aromatic rings. The van der Waals surface area contributed by atoms with Gasteiger partial charge in [-0.1, -0.05) is 190 Å². The zero-order chi connectivity index (χ0) is 30.4. The number of aryl methyl sites for hydroxylation is 2. The van der Waals surface area contributed by atoms with E-state index in [4.69, 9.17) is 0 Å². The maximum Gasteiger partial charge on any atom is -0.00236 e. The van der Waals surface area contributed by atoms with Gasteiger partial charge in [0.1, 0.15) is 0 Å². The first-order chi connectivity index (χ1) is 21.8. The maximum absolute atomic E-state index is 2.45. The molecule has 0 saturated heterocycles. The summed E-state index contributed by atoms with van der Waals surface area (Å²) >= 11 is 0. The normalized spacial score (nSPS) is 12.0. The van der Waals surface area contributed by atoms with Crippen LogP contribution in [0, 0.1) is 0 Å². The van der Waals surface area contributed by atoms with Gasteiger partial charge in [0.25, 0.3) is 0 Å². The molecular formula is C44H60. The lowest BCUT2D eigenvalue weighted by molar-refractivity contribution is 0.556. The fraction of sp³-hybridized carbons (Fsp3) is 0.545. The third kappa shape index (κ3) is 8.35. The van der Waals surface area contributed by atoms with E-state index in [9.17, 15) is 0 Å². The fourth-order valence-electron chi connectivity index (χ4n) is 7.87. The van der Waals surface area contributed by atoms with Gasteiger partial charge in [0.15, 0.2) is 0 Å². The Bertz CT molecular complexity index is 1400. The monoisotopic (exact) mass is 588 g/mol. The van der Waals surface area contributed by atoms with Gasteiger partial charge in [0.05, 0.1) is 0 Å². The topological polar surface area (TPSA) is 0 Å². The van der Waals surface area contributed by atoms with Crippen LogP contribution in [0.3, 0.4) is 0 Å². The summed E-state index contributed by atoms with van der Waals surface area (Å²) in [5.41, 5.74) is 3.08. The fourth-order valence-corrected chi connectivity index (χ4v) is 7.87. The molecule has 0 radical (unpaired) electrons. The molecule has 0 aliphatic carbocycles. The Morgan fingerprint density at radius 1 is 0.295 bits per heavy atom. The second kappa shape index (κ2) is 17.8. The number of hydrogen-bond acceptors (Lipinski definition) is 0. The maximum atomic E-state index is 2.45. The van der Waals surface area contributed by atoms with Crippen LogP contribution in [0.15, 0.2) is 60.7 Å². The Balaban J connectivity index is 1.23. The van der Waals surface area contributed by atoms with Crippen LogP contribution in [0.25, 0.3) is 43.1 Å². The summed E-state index contributed by atoms with van der Waals surface area (Å²) in [5.74, 6) is 0. The average Bonchev–Trinajstić information content (AvgIpc) is 3.06. The Labute approximate surface area is 269 Å². The van der Waals surface area contributed by atoms with Gasteiger partial charge in [-0.25, -0.2) is 0 Å². The van der Waals surface area contributed by atoms with Crippen molar-refractivity contribution in [3.05, 3.63) is 71.8 Å². The van der Waals surface area contributed by atoms with Crippen molar-refractivity contribution in [1.29, 1.82) is 0 Å². The van der Waals surface area contributed by atoms with Crippen LogP contribution >= 0.6 is 0 Å². The zero-order valence-electron chi connectivity index (χ0n) is 28.3. The molecule has 0 heteroatoms. The summed E-state index contributed by atoms with van der Waals surface area (Å²) in [4.78, 5) is 0. The van der Waals surface area contributed by atoms with Gasteiger partial charge in [-0.15, -0.1) is 0 Å². The summed E-state index contributed by atoms with van der Waals surface area (Å²) in [6.45, 7) is 4.61. The van der Waals surface area contributed by atoms with Gasteiger partial charge in [-0.05, 0) is 79.9 Å². The quantitative estimate of drug-likeness (QED) is 0.0428. The van der Waals surface area contributed by atoms with Gasteiger partial charge in [-0.2, -0.15) is 0 Å². The van der Waals surface area contributed by atoms with Crippen LogP contribution in [-0.4, -0.2) is 0 Å². The van der Waals surface area contributed by atoms with Crippen molar-refractivity contribution < 1.29 is 0 Å². The first kappa shape index (κ1) is 32.8. The van der Waals surface area contributed by atoms with Crippen molar-refractivity contribution >= 4 is 43.1 Å². The number of fused-ring (bicyclic) bond motifs is 2. The van der Waals surface area contributed by atoms with E-state index in [1.165, 1.54) is 184 Å².